The topological polar surface area (TPSA) is 64.1 Å². The minimum absolute atomic E-state index is 0.362. The van der Waals surface area contributed by atoms with Crippen LogP contribution in [0.4, 0.5) is 0 Å². The average molecular weight is 404 g/mol. The first-order chi connectivity index (χ1) is 14.2. The van der Waals surface area contributed by atoms with Crippen LogP contribution in [-0.2, 0) is 16.0 Å². The lowest BCUT2D eigenvalue weighted by atomic mass is 10.1. The fourth-order valence-electron chi connectivity index (χ4n) is 3.30. The first kappa shape index (κ1) is 21.9. The summed E-state index contributed by atoms with van der Waals surface area (Å²) in [4.78, 5) is 4.76. The summed E-state index contributed by atoms with van der Waals surface area (Å²) in [5.41, 5.74) is 2.36. The van der Waals surface area contributed by atoms with Crippen LogP contribution in [-0.4, -0.2) is 51.6 Å². The van der Waals surface area contributed by atoms with E-state index in [1.54, 1.807) is 0 Å². The van der Waals surface area contributed by atoms with Crippen molar-refractivity contribution in [3.63, 3.8) is 0 Å². The maximum atomic E-state index is 6.07. The maximum Gasteiger partial charge on any atom is 0.191 e. The number of aliphatic imine (C=N–C) groups is 1. The lowest BCUT2D eigenvalue weighted by Gasteiger charge is -2.22. The Balaban J connectivity index is 1.44. The summed E-state index contributed by atoms with van der Waals surface area (Å²) in [6, 6.07) is 6.39. The van der Waals surface area contributed by atoms with Gasteiger partial charge in [0.1, 0.15) is 5.75 Å². The summed E-state index contributed by atoms with van der Waals surface area (Å²) < 4.78 is 17.4. The molecule has 0 amide bonds. The zero-order valence-electron chi connectivity index (χ0n) is 18.0. The Kier molecular flexibility index (Phi) is 9.09. The van der Waals surface area contributed by atoms with E-state index in [0.29, 0.717) is 12.6 Å². The molecule has 0 unspecified atom stereocenters. The van der Waals surface area contributed by atoms with Crippen LogP contribution < -0.4 is 15.4 Å². The molecule has 1 aromatic rings. The van der Waals surface area contributed by atoms with Crippen LogP contribution in [0.15, 0.2) is 23.2 Å². The van der Waals surface area contributed by atoms with Crippen LogP contribution >= 0.6 is 0 Å². The van der Waals surface area contributed by atoms with E-state index in [1.807, 2.05) is 0 Å². The highest BCUT2D eigenvalue weighted by Crippen LogP contribution is 2.30. The summed E-state index contributed by atoms with van der Waals surface area (Å²) in [6.45, 7) is 9.72. The molecule has 0 aromatic heterocycles. The van der Waals surface area contributed by atoms with E-state index in [1.165, 1.54) is 18.4 Å². The second-order valence-corrected chi connectivity index (χ2v) is 8.02. The molecule has 6 nitrogen and oxygen atoms in total. The number of nitrogens with zero attached hydrogens (tertiary/aromatic N) is 1. The van der Waals surface area contributed by atoms with Crippen molar-refractivity contribution in [1.82, 2.24) is 10.6 Å². The number of nitrogens with one attached hydrogen (secondary N) is 2. The molecule has 1 aliphatic carbocycles. The van der Waals surface area contributed by atoms with E-state index in [2.05, 4.69) is 42.7 Å². The Morgan fingerprint density at radius 3 is 2.76 bits per heavy atom. The molecule has 1 saturated heterocycles. The predicted octanol–water partition coefficient (Wildman–Crippen LogP) is 3.42. The van der Waals surface area contributed by atoms with Crippen molar-refractivity contribution in [2.75, 3.05) is 39.5 Å². The van der Waals surface area contributed by atoms with Crippen molar-refractivity contribution < 1.29 is 14.2 Å². The monoisotopic (exact) mass is 403 g/mol. The highest BCUT2D eigenvalue weighted by molar-refractivity contribution is 5.79. The average Bonchev–Trinajstić information content (AvgIpc) is 3.56. The molecule has 0 radical (unpaired) electrons. The summed E-state index contributed by atoms with van der Waals surface area (Å²) >= 11 is 0. The van der Waals surface area contributed by atoms with Crippen LogP contribution in [0.1, 0.15) is 50.2 Å². The lowest BCUT2D eigenvalue weighted by Crippen LogP contribution is -2.38. The quantitative estimate of drug-likeness (QED) is 0.337. The second-order valence-electron chi connectivity index (χ2n) is 8.02. The standard InChI is InChI=1S/C23H37N3O3/c1-3-24-23(25-11-4-12-28-21-9-13-27-14-10-21)26-16-20-8-5-18(2)15-22(20)29-17-19-6-7-19/h5,8,15,19,21H,3-4,6-7,9-14,16-17H2,1-2H3,(H2,24,25,26). The van der Waals surface area contributed by atoms with Crippen molar-refractivity contribution in [1.29, 1.82) is 0 Å². The number of ether oxygens (including phenoxy) is 3. The summed E-state index contributed by atoms with van der Waals surface area (Å²) in [5.74, 6) is 2.56. The molecule has 1 aromatic carbocycles. The van der Waals surface area contributed by atoms with Gasteiger partial charge in [0.2, 0.25) is 0 Å². The van der Waals surface area contributed by atoms with Gasteiger partial charge >= 0.3 is 0 Å². The Morgan fingerprint density at radius 2 is 2.00 bits per heavy atom. The molecule has 0 bridgehead atoms. The van der Waals surface area contributed by atoms with E-state index >= 15 is 0 Å². The third-order valence-electron chi connectivity index (χ3n) is 5.28. The normalized spacial score (nSPS) is 17.9. The molecule has 0 spiro atoms. The van der Waals surface area contributed by atoms with Gasteiger partial charge in [-0.25, -0.2) is 4.99 Å². The van der Waals surface area contributed by atoms with Crippen molar-refractivity contribution in [3.05, 3.63) is 29.3 Å². The molecule has 3 rings (SSSR count). The zero-order chi connectivity index (χ0) is 20.3. The molecule has 29 heavy (non-hydrogen) atoms. The fraction of sp³-hybridized carbons (Fsp3) is 0.696. The van der Waals surface area contributed by atoms with Crippen molar-refractivity contribution in [3.8, 4) is 5.75 Å². The van der Waals surface area contributed by atoms with Crippen LogP contribution in [0.3, 0.4) is 0 Å². The van der Waals surface area contributed by atoms with Crippen molar-refractivity contribution in [2.45, 2.75) is 58.6 Å². The highest BCUT2D eigenvalue weighted by Gasteiger charge is 2.22. The predicted molar refractivity (Wildman–Crippen MR) is 117 cm³/mol. The van der Waals surface area contributed by atoms with Gasteiger partial charge in [-0.15, -0.1) is 0 Å². The smallest absolute Gasteiger partial charge is 0.191 e. The molecule has 2 aliphatic rings. The van der Waals surface area contributed by atoms with Crippen molar-refractivity contribution >= 4 is 5.96 Å². The number of aryl methyl sites for hydroxylation is 1. The molecule has 1 saturated carbocycles. The van der Waals surface area contributed by atoms with E-state index in [0.717, 1.165) is 82.0 Å². The Bertz CT molecular complexity index is 640. The third-order valence-corrected chi connectivity index (χ3v) is 5.28. The first-order valence-electron chi connectivity index (χ1n) is 11.2. The molecule has 2 fully saturated rings. The number of guanidine groups is 1. The van der Waals surface area contributed by atoms with Crippen molar-refractivity contribution in [2.24, 2.45) is 10.9 Å². The van der Waals surface area contributed by atoms with Gasteiger partial charge in [-0.2, -0.15) is 0 Å². The van der Waals surface area contributed by atoms with Gasteiger partial charge in [0.05, 0.1) is 19.3 Å². The van der Waals surface area contributed by atoms with Crippen LogP contribution in [0.2, 0.25) is 0 Å². The molecule has 1 heterocycles. The fourth-order valence-corrected chi connectivity index (χ4v) is 3.30. The number of benzene rings is 1. The van der Waals surface area contributed by atoms with Gasteiger partial charge in [0.25, 0.3) is 0 Å². The van der Waals surface area contributed by atoms with Crippen LogP contribution in [0.25, 0.3) is 0 Å². The van der Waals surface area contributed by atoms with Gasteiger partial charge in [0.15, 0.2) is 5.96 Å². The highest BCUT2D eigenvalue weighted by atomic mass is 16.5. The number of hydrogen-bond acceptors (Lipinski definition) is 4. The zero-order valence-corrected chi connectivity index (χ0v) is 18.0. The largest absolute Gasteiger partial charge is 0.493 e. The van der Waals surface area contributed by atoms with E-state index in [9.17, 15) is 0 Å². The van der Waals surface area contributed by atoms with E-state index in [4.69, 9.17) is 19.2 Å². The van der Waals surface area contributed by atoms with Crippen LogP contribution in [0, 0.1) is 12.8 Å². The Hall–Kier alpha value is -1.79. The molecular formula is C23H37N3O3. The minimum Gasteiger partial charge on any atom is -0.493 e. The maximum absolute atomic E-state index is 6.07. The molecule has 6 heteroatoms. The molecule has 2 N–H and O–H groups in total. The molecule has 1 aliphatic heterocycles. The van der Waals surface area contributed by atoms with Gasteiger partial charge in [-0.1, -0.05) is 12.1 Å². The Labute approximate surface area is 175 Å². The summed E-state index contributed by atoms with van der Waals surface area (Å²) in [7, 11) is 0. The summed E-state index contributed by atoms with van der Waals surface area (Å²) in [5, 5.41) is 6.74. The van der Waals surface area contributed by atoms with E-state index in [-0.39, 0.29) is 0 Å². The lowest BCUT2D eigenvalue weighted by molar-refractivity contribution is -0.0320. The van der Waals surface area contributed by atoms with Gasteiger partial charge in [0, 0.05) is 38.5 Å². The number of rotatable bonds is 11. The summed E-state index contributed by atoms with van der Waals surface area (Å²) in [6.07, 6.45) is 5.94. The second kappa shape index (κ2) is 12.0. The number of hydrogen-bond donors (Lipinski definition) is 2. The van der Waals surface area contributed by atoms with Gasteiger partial charge in [-0.3, -0.25) is 0 Å². The molecule has 162 valence electrons. The SMILES string of the molecule is CCNC(=NCc1ccc(C)cc1OCC1CC1)NCCCOC1CCOCC1. The third kappa shape index (κ3) is 8.23. The van der Waals surface area contributed by atoms with Gasteiger partial charge in [-0.05, 0) is 63.5 Å². The van der Waals surface area contributed by atoms with E-state index < -0.39 is 0 Å². The molecular weight excluding hydrogens is 366 g/mol. The first-order valence-corrected chi connectivity index (χ1v) is 11.2. The van der Waals surface area contributed by atoms with Gasteiger partial charge < -0.3 is 24.8 Å². The molecule has 0 atom stereocenters. The van der Waals surface area contributed by atoms with Crippen LogP contribution in [0.5, 0.6) is 5.75 Å². The minimum atomic E-state index is 0.362. The Morgan fingerprint density at radius 1 is 1.17 bits per heavy atom.